The highest BCUT2D eigenvalue weighted by Crippen LogP contribution is 2.34. The number of hydrogen-bond donors (Lipinski definition) is 1. The summed E-state index contributed by atoms with van der Waals surface area (Å²) >= 11 is 0. The summed E-state index contributed by atoms with van der Waals surface area (Å²) in [6, 6.07) is 20.7. The van der Waals surface area contributed by atoms with Gasteiger partial charge in [-0.1, -0.05) is 48.5 Å². The summed E-state index contributed by atoms with van der Waals surface area (Å²) in [5.41, 5.74) is 9.00. The predicted octanol–water partition coefficient (Wildman–Crippen LogP) is 4.38. The number of hydrogen-bond acceptors (Lipinski definition) is 3. The first-order valence-electron chi connectivity index (χ1n) is 9.00. The third kappa shape index (κ3) is 4.49. The van der Waals surface area contributed by atoms with Crippen molar-refractivity contribution >= 4 is 11.6 Å². The first kappa shape index (κ1) is 19.4. The lowest BCUT2D eigenvalue weighted by Crippen LogP contribution is -2.35. The fraction of sp³-hybridized carbons (Fsp3) is 0.174. The standard InChI is InChI=1S/C23H23FN2O2/c1-16-11-12-21(28-15-17-7-6-10-19(24)14-17)20(13-16)26(2)22(23(25)27)18-8-4-3-5-9-18/h3-14,22H,15H2,1-2H3,(H2,25,27). The number of primary amides is 1. The Labute approximate surface area is 164 Å². The van der Waals surface area contributed by atoms with E-state index in [1.165, 1.54) is 12.1 Å². The van der Waals surface area contributed by atoms with Crippen molar-refractivity contribution in [3.63, 3.8) is 0 Å². The molecule has 28 heavy (non-hydrogen) atoms. The Morgan fingerprint density at radius 3 is 2.50 bits per heavy atom. The fourth-order valence-electron chi connectivity index (χ4n) is 3.17. The van der Waals surface area contributed by atoms with Crippen molar-refractivity contribution in [2.24, 2.45) is 5.73 Å². The molecule has 0 saturated heterocycles. The number of ether oxygens (including phenoxy) is 1. The van der Waals surface area contributed by atoms with E-state index in [1.807, 2.05) is 67.4 Å². The zero-order valence-electron chi connectivity index (χ0n) is 15.9. The molecular weight excluding hydrogens is 355 g/mol. The van der Waals surface area contributed by atoms with Gasteiger partial charge in [0.15, 0.2) is 0 Å². The number of anilines is 1. The predicted molar refractivity (Wildman–Crippen MR) is 109 cm³/mol. The molecule has 0 bridgehead atoms. The summed E-state index contributed by atoms with van der Waals surface area (Å²) in [7, 11) is 1.81. The molecule has 3 aromatic carbocycles. The van der Waals surface area contributed by atoms with E-state index in [1.54, 1.807) is 12.1 Å². The number of rotatable bonds is 7. The highest BCUT2D eigenvalue weighted by molar-refractivity contribution is 5.85. The summed E-state index contributed by atoms with van der Waals surface area (Å²) in [4.78, 5) is 14.0. The van der Waals surface area contributed by atoms with Crippen LogP contribution in [-0.4, -0.2) is 13.0 Å². The maximum Gasteiger partial charge on any atom is 0.244 e. The molecule has 5 heteroatoms. The van der Waals surface area contributed by atoms with E-state index in [2.05, 4.69) is 0 Å². The molecule has 3 aromatic rings. The van der Waals surface area contributed by atoms with Gasteiger partial charge < -0.3 is 15.4 Å². The van der Waals surface area contributed by atoms with Crippen LogP contribution >= 0.6 is 0 Å². The van der Waals surface area contributed by atoms with Crippen LogP contribution in [0, 0.1) is 12.7 Å². The van der Waals surface area contributed by atoms with Crippen molar-refractivity contribution in [1.29, 1.82) is 0 Å². The molecule has 3 rings (SSSR count). The number of nitrogens with zero attached hydrogens (tertiary/aromatic N) is 1. The fourth-order valence-corrected chi connectivity index (χ4v) is 3.17. The van der Waals surface area contributed by atoms with Gasteiger partial charge in [-0.25, -0.2) is 4.39 Å². The molecular formula is C23H23FN2O2. The van der Waals surface area contributed by atoms with Crippen molar-refractivity contribution in [3.05, 3.63) is 95.3 Å². The summed E-state index contributed by atoms with van der Waals surface area (Å²) in [6.07, 6.45) is 0. The van der Waals surface area contributed by atoms with Gasteiger partial charge in [-0.2, -0.15) is 0 Å². The second-order valence-corrected chi connectivity index (χ2v) is 6.72. The Hall–Kier alpha value is -3.34. The van der Waals surface area contributed by atoms with Crippen LogP contribution in [0.1, 0.15) is 22.7 Å². The minimum atomic E-state index is -0.639. The molecule has 4 nitrogen and oxygen atoms in total. The minimum absolute atomic E-state index is 0.217. The zero-order valence-corrected chi connectivity index (χ0v) is 15.9. The van der Waals surface area contributed by atoms with E-state index in [9.17, 15) is 9.18 Å². The van der Waals surface area contributed by atoms with Gasteiger partial charge >= 0.3 is 0 Å². The Bertz CT molecular complexity index is 960. The van der Waals surface area contributed by atoms with E-state index < -0.39 is 11.9 Å². The van der Waals surface area contributed by atoms with Crippen LogP contribution < -0.4 is 15.4 Å². The van der Waals surface area contributed by atoms with Crippen molar-refractivity contribution in [1.82, 2.24) is 0 Å². The van der Waals surface area contributed by atoms with Gasteiger partial charge in [0.25, 0.3) is 0 Å². The summed E-state index contributed by atoms with van der Waals surface area (Å²) < 4.78 is 19.4. The molecule has 1 unspecified atom stereocenters. The Balaban J connectivity index is 1.91. The number of nitrogens with two attached hydrogens (primary N) is 1. The molecule has 0 aromatic heterocycles. The van der Waals surface area contributed by atoms with E-state index in [0.717, 1.165) is 22.4 Å². The maximum absolute atomic E-state index is 13.4. The van der Waals surface area contributed by atoms with E-state index in [4.69, 9.17) is 10.5 Å². The van der Waals surface area contributed by atoms with Crippen LogP contribution in [0.15, 0.2) is 72.8 Å². The van der Waals surface area contributed by atoms with Crippen molar-refractivity contribution in [2.45, 2.75) is 19.6 Å². The molecule has 0 aliphatic carbocycles. The van der Waals surface area contributed by atoms with Crippen LogP contribution in [0.3, 0.4) is 0 Å². The molecule has 0 aliphatic heterocycles. The smallest absolute Gasteiger partial charge is 0.244 e. The van der Waals surface area contributed by atoms with Crippen molar-refractivity contribution in [3.8, 4) is 5.75 Å². The number of likely N-dealkylation sites (N-methyl/N-ethyl adjacent to an activating group) is 1. The first-order chi connectivity index (χ1) is 13.5. The Morgan fingerprint density at radius 1 is 1.07 bits per heavy atom. The average Bonchev–Trinajstić information content (AvgIpc) is 2.67. The second kappa shape index (κ2) is 8.57. The summed E-state index contributed by atoms with van der Waals surface area (Å²) in [5.74, 6) is -0.161. The second-order valence-electron chi connectivity index (χ2n) is 6.72. The lowest BCUT2D eigenvalue weighted by atomic mass is 10.0. The highest BCUT2D eigenvalue weighted by Gasteiger charge is 2.25. The molecule has 144 valence electrons. The third-order valence-corrected chi connectivity index (χ3v) is 4.55. The molecule has 2 N–H and O–H groups in total. The van der Waals surface area contributed by atoms with Crippen LogP contribution in [0.4, 0.5) is 10.1 Å². The number of carbonyl (C=O) groups is 1. The highest BCUT2D eigenvalue weighted by atomic mass is 19.1. The molecule has 0 radical (unpaired) electrons. The van der Waals surface area contributed by atoms with E-state index in [-0.39, 0.29) is 12.4 Å². The third-order valence-electron chi connectivity index (χ3n) is 4.55. The van der Waals surface area contributed by atoms with Crippen LogP contribution in [-0.2, 0) is 11.4 Å². The maximum atomic E-state index is 13.4. The molecule has 0 fully saturated rings. The topological polar surface area (TPSA) is 55.6 Å². The average molecular weight is 378 g/mol. The SMILES string of the molecule is Cc1ccc(OCc2cccc(F)c2)c(N(C)C(C(N)=O)c2ccccc2)c1. The quantitative estimate of drug-likeness (QED) is 0.664. The zero-order chi connectivity index (χ0) is 20.1. The van der Waals surface area contributed by atoms with Crippen molar-refractivity contribution in [2.75, 3.05) is 11.9 Å². The number of carbonyl (C=O) groups excluding carboxylic acids is 1. The lowest BCUT2D eigenvalue weighted by molar-refractivity contribution is -0.119. The van der Waals surface area contributed by atoms with Gasteiger partial charge in [0.2, 0.25) is 5.91 Å². The van der Waals surface area contributed by atoms with Gasteiger partial charge in [-0.3, -0.25) is 4.79 Å². The van der Waals surface area contributed by atoms with E-state index >= 15 is 0 Å². The largest absolute Gasteiger partial charge is 0.487 e. The number of halogens is 1. The van der Waals surface area contributed by atoms with Crippen LogP contribution in [0.25, 0.3) is 0 Å². The van der Waals surface area contributed by atoms with E-state index in [0.29, 0.717) is 5.75 Å². The molecule has 1 atom stereocenters. The molecule has 1 amide bonds. The van der Waals surface area contributed by atoms with Gasteiger partial charge in [0.1, 0.15) is 24.2 Å². The lowest BCUT2D eigenvalue weighted by Gasteiger charge is -2.30. The Kier molecular flexibility index (Phi) is 5.94. The van der Waals surface area contributed by atoms with Gasteiger partial charge in [-0.15, -0.1) is 0 Å². The van der Waals surface area contributed by atoms with Gasteiger partial charge in [0.05, 0.1) is 5.69 Å². The Morgan fingerprint density at radius 2 is 1.82 bits per heavy atom. The normalized spacial score (nSPS) is 11.7. The molecule has 0 saturated carbocycles. The van der Waals surface area contributed by atoms with Crippen molar-refractivity contribution < 1.29 is 13.9 Å². The van der Waals surface area contributed by atoms with Crippen LogP contribution in [0.2, 0.25) is 0 Å². The first-order valence-corrected chi connectivity index (χ1v) is 9.00. The van der Waals surface area contributed by atoms with Gasteiger partial charge in [0, 0.05) is 7.05 Å². The monoisotopic (exact) mass is 378 g/mol. The summed E-state index contributed by atoms with van der Waals surface area (Å²) in [5, 5.41) is 0. The van der Waals surface area contributed by atoms with Crippen LogP contribution in [0.5, 0.6) is 5.75 Å². The number of aryl methyl sites for hydroxylation is 1. The number of benzene rings is 3. The minimum Gasteiger partial charge on any atom is -0.487 e. The van der Waals surface area contributed by atoms with Gasteiger partial charge in [-0.05, 0) is 47.9 Å². The number of amides is 1. The molecule has 0 aliphatic rings. The molecule has 0 spiro atoms. The summed E-state index contributed by atoms with van der Waals surface area (Å²) in [6.45, 7) is 2.18. The molecule has 0 heterocycles.